The van der Waals surface area contributed by atoms with E-state index < -0.39 is 11.3 Å². The van der Waals surface area contributed by atoms with Crippen LogP contribution in [-0.4, -0.2) is 5.92 Å². The molecule has 0 atom stereocenters. The minimum Gasteiger partial charge on any atom is -0.201 e. The molecule has 0 heterocycles. The molecule has 0 aromatic heterocycles. The molecular formula is C14H24F2. The van der Waals surface area contributed by atoms with Crippen LogP contribution >= 0.6 is 0 Å². The predicted octanol–water partition coefficient (Wildman–Crippen LogP) is 5.05. The molecule has 0 aromatic carbocycles. The molecule has 0 amide bonds. The normalized spacial score (nSPS) is 27.4. The first-order chi connectivity index (χ1) is 6.93. The highest BCUT2D eigenvalue weighted by Crippen LogP contribution is 2.59. The number of hydrogen-bond acceptors (Lipinski definition) is 0. The first-order valence-corrected chi connectivity index (χ1v) is 5.95. The summed E-state index contributed by atoms with van der Waals surface area (Å²) in [6.07, 6.45) is 2.94. The van der Waals surface area contributed by atoms with Gasteiger partial charge in [-0.15, -0.1) is 0 Å². The zero-order chi connectivity index (χ0) is 12.8. The van der Waals surface area contributed by atoms with Crippen LogP contribution in [0.15, 0.2) is 12.7 Å². The summed E-state index contributed by atoms with van der Waals surface area (Å²) in [5.41, 5.74) is -1.01. The fraction of sp³-hybridized carbons (Fsp3) is 0.857. The second-order valence-electron chi connectivity index (χ2n) is 7.25. The van der Waals surface area contributed by atoms with Crippen LogP contribution in [0.25, 0.3) is 0 Å². The monoisotopic (exact) mass is 230 g/mol. The number of alkyl halides is 2. The highest BCUT2D eigenvalue weighted by molar-refractivity contribution is 5.07. The smallest absolute Gasteiger partial charge is 0.201 e. The maximum Gasteiger partial charge on any atom is 0.271 e. The van der Waals surface area contributed by atoms with Crippen LogP contribution in [0.4, 0.5) is 8.78 Å². The summed E-state index contributed by atoms with van der Waals surface area (Å²) in [5, 5.41) is 0. The second kappa shape index (κ2) is 3.54. The predicted molar refractivity (Wildman–Crippen MR) is 64.7 cm³/mol. The van der Waals surface area contributed by atoms with Crippen LogP contribution in [-0.2, 0) is 0 Å². The van der Waals surface area contributed by atoms with Gasteiger partial charge in [-0.2, -0.15) is 0 Å². The molecule has 0 spiro atoms. The van der Waals surface area contributed by atoms with Gasteiger partial charge in [-0.3, -0.25) is 0 Å². The van der Waals surface area contributed by atoms with Crippen LogP contribution in [0.3, 0.4) is 0 Å². The van der Waals surface area contributed by atoms with E-state index in [4.69, 9.17) is 0 Å². The average Bonchev–Trinajstić information content (AvgIpc) is 1.96. The molecule has 1 aliphatic rings. The second-order valence-corrected chi connectivity index (χ2v) is 7.25. The average molecular weight is 230 g/mol. The van der Waals surface area contributed by atoms with Gasteiger partial charge in [0.15, 0.2) is 0 Å². The van der Waals surface area contributed by atoms with Crippen molar-refractivity contribution in [1.29, 1.82) is 0 Å². The minimum atomic E-state index is -2.78. The highest BCUT2D eigenvalue weighted by Gasteiger charge is 2.55. The summed E-state index contributed by atoms with van der Waals surface area (Å²) in [7, 11) is 0. The lowest BCUT2D eigenvalue weighted by atomic mass is 9.54. The first kappa shape index (κ1) is 13.7. The lowest BCUT2D eigenvalue weighted by Crippen LogP contribution is -2.48. The van der Waals surface area contributed by atoms with Gasteiger partial charge in [0.05, 0.1) is 0 Å². The van der Waals surface area contributed by atoms with Crippen molar-refractivity contribution in [3.63, 3.8) is 0 Å². The van der Waals surface area contributed by atoms with Gasteiger partial charge >= 0.3 is 0 Å². The van der Waals surface area contributed by atoms with Gasteiger partial charge in [-0.25, -0.2) is 8.78 Å². The summed E-state index contributed by atoms with van der Waals surface area (Å²) in [4.78, 5) is 0. The SMILES string of the molecule is C=CC(F)(F)C1(C)CC(C)(C)CC(C)(C)C1. The molecule has 0 nitrogen and oxygen atoms in total. The molecule has 0 radical (unpaired) electrons. The Morgan fingerprint density at radius 3 is 1.62 bits per heavy atom. The quantitative estimate of drug-likeness (QED) is 0.582. The Bertz CT molecular complexity index is 271. The molecule has 2 heteroatoms. The van der Waals surface area contributed by atoms with Crippen LogP contribution in [0.1, 0.15) is 53.9 Å². The first-order valence-electron chi connectivity index (χ1n) is 5.95. The topological polar surface area (TPSA) is 0 Å². The third-order valence-electron chi connectivity index (χ3n) is 3.76. The Morgan fingerprint density at radius 2 is 1.31 bits per heavy atom. The van der Waals surface area contributed by atoms with Crippen LogP contribution in [0, 0.1) is 16.2 Å². The molecule has 16 heavy (non-hydrogen) atoms. The lowest BCUT2D eigenvalue weighted by Gasteiger charge is -2.52. The van der Waals surface area contributed by atoms with Gasteiger partial charge < -0.3 is 0 Å². The van der Waals surface area contributed by atoms with E-state index in [-0.39, 0.29) is 10.8 Å². The van der Waals surface area contributed by atoms with Crippen molar-refractivity contribution in [2.24, 2.45) is 16.2 Å². The van der Waals surface area contributed by atoms with Crippen molar-refractivity contribution in [3.05, 3.63) is 12.7 Å². The molecule has 0 unspecified atom stereocenters. The van der Waals surface area contributed by atoms with Crippen molar-refractivity contribution < 1.29 is 8.78 Å². The summed E-state index contributed by atoms with van der Waals surface area (Å²) < 4.78 is 28.0. The van der Waals surface area contributed by atoms with Crippen LogP contribution in [0.5, 0.6) is 0 Å². The Kier molecular flexibility index (Phi) is 3.03. The zero-order valence-electron chi connectivity index (χ0n) is 11.2. The van der Waals surface area contributed by atoms with Crippen molar-refractivity contribution >= 4 is 0 Å². The van der Waals surface area contributed by atoms with E-state index in [0.29, 0.717) is 12.8 Å². The summed E-state index contributed by atoms with van der Waals surface area (Å²) in [6.45, 7) is 13.4. The third kappa shape index (κ3) is 2.46. The van der Waals surface area contributed by atoms with E-state index in [1.54, 1.807) is 6.92 Å². The van der Waals surface area contributed by atoms with Gasteiger partial charge in [0.1, 0.15) is 0 Å². The molecule has 1 saturated carbocycles. The number of hydrogen-bond donors (Lipinski definition) is 0. The molecule has 0 bridgehead atoms. The molecule has 0 saturated heterocycles. The Hall–Kier alpha value is -0.400. The zero-order valence-corrected chi connectivity index (χ0v) is 11.2. The van der Waals surface area contributed by atoms with Crippen molar-refractivity contribution in [2.45, 2.75) is 59.8 Å². The summed E-state index contributed by atoms with van der Waals surface area (Å²) >= 11 is 0. The molecule has 94 valence electrons. The molecule has 0 N–H and O–H groups in total. The van der Waals surface area contributed by atoms with Crippen LogP contribution in [0.2, 0.25) is 0 Å². The fourth-order valence-electron chi connectivity index (χ4n) is 4.08. The van der Waals surface area contributed by atoms with E-state index in [2.05, 4.69) is 34.3 Å². The standard InChI is InChI=1S/C14H24F2/c1-7-14(15,16)13(6)9-11(2,3)8-12(4,5)10-13/h7H,1,8-10H2,2-6H3. The van der Waals surface area contributed by atoms with Gasteiger partial charge in [0.2, 0.25) is 0 Å². The molecule has 0 aliphatic heterocycles. The summed E-state index contributed by atoms with van der Waals surface area (Å²) in [5.74, 6) is -2.78. The van der Waals surface area contributed by atoms with E-state index in [1.165, 1.54) is 0 Å². The maximum absolute atomic E-state index is 14.0. The maximum atomic E-state index is 14.0. The fourth-order valence-corrected chi connectivity index (χ4v) is 4.08. The number of allylic oxidation sites excluding steroid dienone is 1. The van der Waals surface area contributed by atoms with Crippen molar-refractivity contribution in [3.8, 4) is 0 Å². The molecule has 1 aliphatic carbocycles. The number of rotatable bonds is 2. The Balaban J connectivity index is 3.10. The minimum absolute atomic E-state index is 0.0249. The van der Waals surface area contributed by atoms with E-state index >= 15 is 0 Å². The van der Waals surface area contributed by atoms with Crippen molar-refractivity contribution in [1.82, 2.24) is 0 Å². The van der Waals surface area contributed by atoms with Gasteiger partial charge in [-0.1, -0.05) is 41.2 Å². The van der Waals surface area contributed by atoms with Gasteiger partial charge in [-0.05, 0) is 36.2 Å². The summed E-state index contributed by atoms with van der Waals surface area (Å²) in [6, 6.07) is 0. The number of halogens is 2. The largest absolute Gasteiger partial charge is 0.271 e. The molecular weight excluding hydrogens is 206 g/mol. The van der Waals surface area contributed by atoms with E-state index in [9.17, 15) is 8.78 Å². The molecule has 1 fully saturated rings. The Labute approximate surface area is 98.1 Å². The molecule has 0 aromatic rings. The molecule has 1 rings (SSSR count). The van der Waals surface area contributed by atoms with Gasteiger partial charge in [0, 0.05) is 5.41 Å². The van der Waals surface area contributed by atoms with Crippen molar-refractivity contribution in [2.75, 3.05) is 0 Å². The third-order valence-corrected chi connectivity index (χ3v) is 3.76. The van der Waals surface area contributed by atoms with E-state index in [1.807, 2.05) is 0 Å². The van der Waals surface area contributed by atoms with Crippen LogP contribution < -0.4 is 0 Å². The highest BCUT2D eigenvalue weighted by atomic mass is 19.3. The van der Waals surface area contributed by atoms with E-state index in [0.717, 1.165) is 12.5 Å². The Morgan fingerprint density at radius 1 is 0.938 bits per heavy atom. The van der Waals surface area contributed by atoms with Gasteiger partial charge in [0.25, 0.3) is 5.92 Å². The lowest BCUT2D eigenvalue weighted by molar-refractivity contribution is -0.138.